The number of hydrogen-bond acceptors (Lipinski definition) is 4. The summed E-state index contributed by atoms with van der Waals surface area (Å²) >= 11 is 0. The van der Waals surface area contributed by atoms with Crippen molar-refractivity contribution in [3.8, 4) is 0 Å². The number of hydrogen-bond donors (Lipinski definition) is 0. The Bertz CT molecular complexity index is 527. The Balaban J connectivity index is 1.64. The molecule has 0 radical (unpaired) electrons. The van der Waals surface area contributed by atoms with E-state index in [2.05, 4.69) is 32.3 Å². The van der Waals surface area contributed by atoms with E-state index in [4.69, 9.17) is 4.74 Å². The Hall–Kier alpha value is -1.92. The largest absolute Gasteiger partial charge is 0.387 e. The summed E-state index contributed by atoms with van der Waals surface area (Å²) in [6, 6.07) is 9.61. The van der Waals surface area contributed by atoms with Crippen molar-refractivity contribution in [1.82, 2.24) is 4.90 Å². The van der Waals surface area contributed by atoms with Gasteiger partial charge in [0.05, 0.1) is 19.3 Å². The summed E-state index contributed by atoms with van der Waals surface area (Å²) in [6.07, 6.45) is 0.0598. The van der Waals surface area contributed by atoms with Gasteiger partial charge in [-0.25, -0.2) is 4.79 Å². The summed E-state index contributed by atoms with van der Waals surface area (Å²) in [5.74, 6) is 0.485. The molecular weight excluding hydrogens is 244 g/mol. The number of carbonyl (C=O) groups is 1. The molecule has 3 rings (SSSR count). The first-order chi connectivity index (χ1) is 9.31. The summed E-state index contributed by atoms with van der Waals surface area (Å²) in [5, 5.41) is 7.14. The zero-order valence-corrected chi connectivity index (χ0v) is 10.4. The number of azo groups is 1. The van der Waals surface area contributed by atoms with Gasteiger partial charge in [0.15, 0.2) is 5.84 Å². The van der Waals surface area contributed by atoms with Crippen molar-refractivity contribution in [3.63, 3.8) is 0 Å². The van der Waals surface area contributed by atoms with Crippen LogP contribution in [0.4, 0.5) is 4.79 Å². The fourth-order valence-electron chi connectivity index (χ4n) is 2.24. The number of morpholine rings is 1. The van der Waals surface area contributed by atoms with Crippen molar-refractivity contribution in [2.45, 2.75) is 6.10 Å². The lowest BCUT2D eigenvalue weighted by molar-refractivity contribution is -0.0247. The molecule has 6 heteroatoms. The predicted molar refractivity (Wildman–Crippen MR) is 69.3 cm³/mol. The molecule has 0 saturated carbocycles. The molecule has 1 aromatic rings. The summed E-state index contributed by atoms with van der Waals surface area (Å²) in [4.78, 5) is 16.8. The number of nitrogens with zero attached hydrogens (tertiary/aromatic N) is 4. The van der Waals surface area contributed by atoms with Crippen molar-refractivity contribution >= 4 is 11.9 Å². The predicted octanol–water partition coefficient (Wildman–Crippen LogP) is 2.04. The lowest BCUT2D eigenvalue weighted by Crippen LogP contribution is -2.40. The van der Waals surface area contributed by atoms with Crippen molar-refractivity contribution in [3.05, 3.63) is 35.9 Å². The van der Waals surface area contributed by atoms with Gasteiger partial charge in [-0.05, 0) is 5.56 Å². The van der Waals surface area contributed by atoms with Crippen molar-refractivity contribution in [2.24, 2.45) is 15.2 Å². The van der Waals surface area contributed by atoms with Crippen LogP contribution in [0.2, 0.25) is 0 Å². The van der Waals surface area contributed by atoms with Gasteiger partial charge in [0.1, 0.15) is 0 Å². The summed E-state index contributed by atoms with van der Waals surface area (Å²) in [6.45, 7) is 2.79. The van der Waals surface area contributed by atoms with Crippen LogP contribution in [-0.2, 0) is 4.74 Å². The van der Waals surface area contributed by atoms with Gasteiger partial charge >= 0.3 is 6.03 Å². The molecule has 0 aromatic heterocycles. The molecule has 1 unspecified atom stereocenters. The maximum atomic E-state index is 10.9. The van der Waals surface area contributed by atoms with Crippen LogP contribution in [0, 0.1) is 0 Å². The van der Waals surface area contributed by atoms with E-state index in [9.17, 15) is 4.79 Å². The minimum atomic E-state index is -0.511. The average Bonchev–Trinajstić information content (AvgIpc) is 2.85. The standard InChI is InChI=1S/C13H14N4O2/c18-13-14-12(15-16-13)9-17-6-7-19-11(8-17)10-4-2-1-3-5-10/h1-5,11H,6-9H2. The summed E-state index contributed by atoms with van der Waals surface area (Å²) in [5.41, 5.74) is 1.17. The molecule has 0 bridgehead atoms. The molecule has 2 amide bonds. The molecule has 0 aliphatic carbocycles. The van der Waals surface area contributed by atoms with Gasteiger partial charge in [0.25, 0.3) is 0 Å². The fraction of sp³-hybridized carbons (Fsp3) is 0.385. The molecule has 2 aliphatic heterocycles. The van der Waals surface area contributed by atoms with Crippen molar-refractivity contribution < 1.29 is 9.53 Å². The average molecular weight is 258 g/mol. The third kappa shape index (κ3) is 2.91. The Morgan fingerprint density at radius 2 is 2.11 bits per heavy atom. The van der Waals surface area contributed by atoms with E-state index in [0.717, 1.165) is 13.1 Å². The third-order valence-electron chi connectivity index (χ3n) is 3.16. The van der Waals surface area contributed by atoms with Crippen LogP contribution < -0.4 is 0 Å². The lowest BCUT2D eigenvalue weighted by Gasteiger charge is -2.32. The minimum absolute atomic E-state index is 0.0598. The molecule has 6 nitrogen and oxygen atoms in total. The van der Waals surface area contributed by atoms with Crippen LogP contribution >= 0.6 is 0 Å². The fourth-order valence-corrected chi connectivity index (χ4v) is 2.24. The second-order valence-electron chi connectivity index (χ2n) is 4.52. The van der Waals surface area contributed by atoms with E-state index in [1.165, 1.54) is 5.56 Å². The van der Waals surface area contributed by atoms with E-state index in [-0.39, 0.29) is 6.10 Å². The highest BCUT2D eigenvalue weighted by Gasteiger charge is 2.23. The number of ether oxygens (including phenoxy) is 1. The minimum Gasteiger partial charge on any atom is -0.371 e. The van der Waals surface area contributed by atoms with Crippen LogP contribution in [0.25, 0.3) is 0 Å². The Morgan fingerprint density at radius 1 is 1.26 bits per heavy atom. The van der Waals surface area contributed by atoms with Crippen LogP contribution in [0.1, 0.15) is 11.7 Å². The molecule has 98 valence electrons. The van der Waals surface area contributed by atoms with E-state index in [0.29, 0.717) is 19.0 Å². The number of carbonyl (C=O) groups excluding carboxylic acids is 1. The lowest BCUT2D eigenvalue weighted by atomic mass is 10.1. The molecule has 1 atom stereocenters. The quantitative estimate of drug-likeness (QED) is 0.833. The summed E-state index contributed by atoms with van der Waals surface area (Å²) in [7, 11) is 0. The number of rotatable bonds is 3. The van der Waals surface area contributed by atoms with Crippen molar-refractivity contribution in [1.29, 1.82) is 0 Å². The maximum absolute atomic E-state index is 10.9. The highest BCUT2D eigenvalue weighted by Crippen LogP contribution is 2.21. The maximum Gasteiger partial charge on any atom is 0.387 e. The van der Waals surface area contributed by atoms with E-state index in [1.54, 1.807) is 0 Å². The van der Waals surface area contributed by atoms with E-state index < -0.39 is 6.03 Å². The van der Waals surface area contributed by atoms with Crippen LogP contribution in [0.15, 0.2) is 45.6 Å². The molecule has 19 heavy (non-hydrogen) atoms. The molecule has 1 aromatic carbocycles. The number of benzene rings is 1. The zero-order valence-electron chi connectivity index (χ0n) is 10.4. The number of amidine groups is 1. The molecule has 0 N–H and O–H groups in total. The molecule has 1 fully saturated rings. The Labute approximate surface area is 110 Å². The van der Waals surface area contributed by atoms with Gasteiger partial charge in [-0.3, -0.25) is 4.90 Å². The molecule has 2 aliphatic rings. The molecule has 0 spiro atoms. The van der Waals surface area contributed by atoms with E-state index >= 15 is 0 Å². The topological polar surface area (TPSA) is 66.6 Å². The Morgan fingerprint density at radius 3 is 2.84 bits per heavy atom. The zero-order chi connectivity index (χ0) is 13.1. The second-order valence-corrected chi connectivity index (χ2v) is 4.52. The van der Waals surface area contributed by atoms with Gasteiger partial charge < -0.3 is 4.74 Å². The Kier molecular flexibility index (Phi) is 3.43. The number of urea groups is 1. The van der Waals surface area contributed by atoms with Gasteiger partial charge in [0.2, 0.25) is 0 Å². The summed E-state index contributed by atoms with van der Waals surface area (Å²) < 4.78 is 5.78. The highest BCUT2D eigenvalue weighted by atomic mass is 16.5. The van der Waals surface area contributed by atoms with Crippen molar-refractivity contribution in [2.75, 3.05) is 26.2 Å². The molecule has 2 heterocycles. The van der Waals surface area contributed by atoms with Crippen LogP contribution in [-0.4, -0.2) is 43.0 Å². The van der Waals surface area contributed by atoms with Crippen LogP contribution in [0.3, 0.4) is 0 Å². The first-order valence-corrected chi connectivity index (χ1v) is 6.23. The van der Waals surface area contributed by atoms with E-state index in [1.807, 2.05) is 18.2 Å². The normalized spacial score (nSPS) is 23.7. The molecule has 1 saturated heterocycles. The monoisotopic (exact) mass is 258 g/mol. The second kappa shape index (κ2) is 5.38. The van der Waals surface area contributed by atoms with Crippen LogP contribution in [0.5, 0.6) is 0 Å². The SMILES string of the molecule is O=C1N=NC(CN2CCOC(c3ccccc3)C2)=N1. The molecular formula is C13H14N4O2. The van der Waals surface area contributed by atoms with Gasteiger partial charge in [-0.2, -0.15) is 4.99 Å². The number of aliphatic imine (C=N–C) groups is 1. The smallest absolute Gasteiger partial charge is 0.371 e. The van der Waals surface area contributed by atoms with Gasteiger partial charge in [0, 0.05) is 13.1 Å². The number of amides is 2. The van der Waals surface area contributed by atoms with Gasteiger partial charge in [-0.1, -0.05) is 35.4 Å². The first kappa shape index (κ1) is 12.1. The third-order valence-corrected chi connectivity index (χ3v) is 3.16. The van der Waals surface area contributed by atoms with Gasteiger partial charge in [-0.15, -0.1) is 5.11 Å². The first-order valence-electron chi connectivity index (χ1n) is 6.23. The highest BCUT2D eigenvalue weighted by molar-refractivity contribution is 5.99.